The summed E-state index contributed by atoms with van der Waals surface area (Å²) in [5.41, 5.74) is 1.84. The second kappa shape index (κ2) is 5.16. The number of carbonyl (C=O) groups excluding carboxylic acids is 2. The van der Waals surface area contributed by atoms with Gasteiger partial charge in [0.2, 0.25) is 5.43 Å². The van der Waals surface area contributed by atoms with E-state index in [1.165, 1.54) is 0 Å². The number of ether oxygens (including phenoxy) is 1. The number of fused-ring (bicyclic) bond motifs is 1. The van der Waals surface area contributed by atoms with Crippen LogP contribution in [-0.2, 0) is 14.3 Å². The molecule has 2 aromatic rings. The molecule has 0 aliphatic rings. The molecule has 104 valence electrons. The van der Waals surface area contributed by atoms with Crippen LogP contribution in [0.15, 0.2) is 27.6 Å². The first-order chi connectivity index (χ1) is 9.43. The van der Waals surface area contributed by atoms with Crippen molar-refractivity contribution in [2.45, 2.75) is 13.8 Å². The zero-order valence-electron chi connectivity index (χ0n) is 11.3. The number of aryl methyl sites for hydroxylation is 2. The van der Waals surface area contributed by atoms with Gasteiger partial charge < -0.3 is 14.5 Å². The molecule has 0 spiro atoms. The van der Waals surface area contributed by atoms with Crippen LogP contribution in [0.1, 0.15) is 11.1 Å². The number of amides is 1. The van der Waals surface area contributed by atoms with E-state index in [4.69, 9.17) is 4.42 Å². The van der Waals surface area contributed by atoms with Gasteiger partial charge in [0, 0.05) is 0 Å². The number of hydrogen-bond acceptors (Lipinski definition) is 5. The molecule has 0 unspecified atom stereocenters. The highest BCUT2D eigenvalue weighted by Crippen LogP contribution is 2.18. The summed E-state index contributed by atoms with van der Waals surface area (Å²) in [5.74, 6) is -2.10. The van der Waals surface area contributed by atoms with Gasteiger partial charge >= 0.3 is 11.9 Å². The summed E-state index contributed by atoms with van der Waals surface area (Å²) in [6, 6.07) is 3.43. The quantitative estimate of drug-likeness (QED) is 0.630. The normalized spacial score (nSPS) is 10.3. The van der Waals surface area contributed by atoms with Crippen LogP contribution in [0, 0.1) is 13.8 Å². The van der Waals surface area contributed by atoms with E-state index in [-0.39, 0.29) is 5.69 Å². The monoisotopic (exact) mass is 275 g/mol. The Kier molecular flexibility index (Phi) is 3.56. The molecule has 2 rings (SSSR count). The number of carbonyl (C=O) groups is 2. The molecular formula is C14H13NO5. The van der Waals surface area contributed by atoms with Crippen molar-refractivity contribution >= 4 is 28.5 Å². The topological polar surface area (TPSA) is 85.6 Å². The van der Waals surface area contributed by atoms with Crippen molar-refractivity contribution in [3.8, 4) is 0 Å². The fourth-order valence-electron chi connectivity index (χ4n) is 1.74. The zero-order chi connectivity index (χ0) is 14.9. The molecule has 1 aromatic carbocycles. The lowest BCUT2D eigenvalue weighted by Crippen LogP contribution is -2.26. The molecule has 1 heterocycles. The van der Waals surface area contributed by atoms with E-state index in [2.05, 4.69) is 10.1 Å². The van der Waals surface area contributed by atoms with Crippen molar-refractivity contribution in [2.24, 2.45) is 0 Å². The molecule has 1 amide bonds. The minimum absolute atomic E-state index is 0.101. The van der Waals surface area contributed by atoms with Gasteiger partial charge in [0.05, 0.1) is 12.5 Å². The van der Waals surface area contributed by atoms with Crippen molar-refractivity contribution in [2.75, 3.05) is 12.4 Å². The maximum Gasteiger partial charge on any atom is 0.396 e. The van der Waals surface area contributed by atoms with Crippen molar-refractivity contribution in [1.82, 2.24) is 0 Å². The van der Waals surface area contributed by atoms with E-state index >= 15 is 0 Å². The number of rotatable bonds is 1. The number of benzene rings is 1. The van der Waals surface area contributed by atoms with E-state index in [0.717, 1.165) is 24.5 Å². The summed E-state index contributed by atoms with van der Waals surface area (Å²) in [6.07, 6.45) is 1.11. The summed E-state index contributed by atoms with van der Waals surface area (Å²) in [5, 5.41) is 2.51. The van der Waals surface area contributed by atoms with E-state index < -0.39 is 17.3 Å². The van der Waals surface area contributed by atoms with Gasteiger partial charge in [-0.2, -0.15) is 0 Å². The lowest BCUT2D eigenvalue weighted by atomic mass is 10.1. The van der Waals surface area contributed by atoms with E-state index in [1.807, 2.05) is 13.8 Å². The molecule has 0 fully saturated rings. The second-order valence-electron chi connectivity index (χ2n) is 4.36. The molecular weight excluding hydrogens is 262 g/mol. The van der Waals surface area contributed by atoms with Crippen molar-refractivity contribution in [3.63, 3.8) is 0 Å². The number of anilines is 1. The molecule has 0 aliphatic heterocycles. The van der Waals surface area contributed by atoms with E-state index in [0.29, 0.717) is 11.0 Å². The third-order valence-electron chi connectivity index (χ3n) is 3.01. The summed E-state index contributed by atoms with van der Waals surface area (Å²) >= 11 is 0. The highest BCUT2D eigenvalue weighted by molar-refractivity contribution is 6.37. The smallest absolute Gasteiger partial charge is 0.396 e. The highest BCUT2D eigenvalue weighted by atomic mass is 16.5. The Morgan fingerprint density at radius 3 is 2.50 bits per heavy atom. The number of hydrogen-bond donors (Lipinski definition) is 1. The van der Waals surface area contributed by atoms with E-state index in [1.54, 1.807) is 12.1 Å². The molecule has 6 nitrogen and oxygen atoms in total. The zero-order valence-corrected chi connectivity index (χ0v) is 11.3. The number of nitrogens with one attached hydrogen (secondary N) is 1. The van der Waals surface area contributed by atoms with Crippen molar-refractivity contribution in [1.29, 1.82) is 0 Å². The predicted molar refractivity (Wildman–Crippen MR) is 72.6 cm³/mol. The lowest BCUT2D eigenvalue weighted by Gasteiger charge is -2.06. The van der Waals surface area contributed by atoms with Crippen LogP contribution in [0.3, 0.4) is 0 Å². The number of esters is 1. The fourth-order valence-corrected chi connectivity index (χ4v) is 1.74. The summed E-state index contributed by atoms with van der Waals surface area (Å²) in [4.78, 5) is 34.6. The predicted octanol–water partition coefficient (Wildman–Crippen LogP) is 1.52. The van der Waals surface area contributed by atoms with Crippen LogP contribution in [-0.4, -0.2) is 19.0 Å². The van der Waals surface area contributed by atoms with Gasteiger partial charge in [-0.25, -0.2) is 4.79 Å². The van der Waals surface area contributed by atoms with Gasteiger partial charge in [0.25, 0.3) is 0 Å². The highest BCUT2D eigenvalue weighted by Gasteiger charge is 2.17. The molecule has 0 saturated carbocycles. The van der Waals surface area contributed by atoms with Crippen LogP contribution < -0.4 is 10.7 Å². The van der Waals surface area contributed by atoms with Crippen LogP contribution in [0.2, 0.25) is 0 Å². The molecule has 0 aliphatic carbocycles. The Hall–Kier alpha value is -2.63. The molecule has 20 heavy (non-hydrogen) atoms. The summed E-state index contributed by atoms with van der Waals surface area (Å²) < 4.78 is 9.57. The maximum atomic E-state index is 12.2. The van der Waals surface area contributed by atoms with Crippen LogP contribution in [0.4, 0.5) is 5.69 Å². The Morgan fingerprint density at radius 2 is 1.85 bits per heavy atom. The van der Waals surface area contributed by atoms with Gasteiger partial charge in [-0.3, -0.25) is 9.59 Å². The van der Waals surface area contributed by atoms with Gasteiger partial charge in [-0.1, -0.05) is 0 Å². The maximum absolute atomic E-state index is 12.2. The fraction of sp³-hybridized carbons (Fsp3) is 0.214. The van der Waals surface area contributed by atoms with Crippen LogP contribution >= 0.6 is 0 Å². The molecule has 0 bridgehead atoms. The number of methoxy groups -OCH3 is 1. The van der Waals surface area contributed by atoms with Gasteiger partial charge in [-0.15, -0.1) is 0 Å². The summed E-state index contributed by atoms with van der Waals surface area (Å²) in [7, 11) is 1.08. The third kappa shape index (κ3) is 2.40. The largest absolute Gasteiger partial charge is 0.462 e. The van der Waals surface area contributed by atoms with Crippen LogP contribution in [0.25, 0.3) is 11.0 Å². The van der Waals surface area contributed by atoms with Gasteiger partial charge in [-0.05, 0) is 37.1 Å². The van der Waals surface area contributed by atoms with E-state index in [9.17, 15) is 14.4 Å². The van der Waals surface area contributed by atoms with Gasteiger partial charge in [0.1, 0.15) is 17.5 Å². The molecule has 1 aromatic heterocycles. The Balaban J connectivity index is 2.50. The molecule has 0 atom stereocenters. The minimum atomic E-state index is -1.08. The molecule has 0 radical (unpaired) electrons. The molecule has 6 heteroatoms. The van der Waals surface area contributed by atoms with Crippen LogP contribution in [0.5, 0.6) is 0 Å². The lowest BCUT2D eigenvalue weighted by molar-refractivity contribution is -0.150. The third-order valence-corrected chi connectivity index (χ3v) is 3.01. The van der Waals surface area contributed by atoms with Crippen molar-refractivity contribution in [3.05, 3.63) is 39.7 Å². The Labute approximate surface area is 114 Å². The molecule has 1 N–H and O–H groups in total. The second-order valence-corrected chi connectivity index (χ2v) is 4.36. The van der Waals surface area contributed by atoms with Gasteiger partial charge in [0.15, 0.2) is 0 Å². The summed E-state index contributed by atoms with van der Waals surface area (Å²) in [6.45, 7) is 3.77. The first-order valence-electron chi connectivity index (χ1n) is 5.86. The average molecular weight is 275 g/mol. The first-order valence-corrected chi connectivity index (χ1v) is 5.86. The minimum Gasteiger partial charge on any atom is -0.462 e. The standard InChI is InChI=1S/C14H13NO5/c1-7-4-9-11(5-8(7)2)20-6-10(12(9)16)15-13(17)14(18)19-3/h4-6H,1-3H3,(H,15,17). The SMILES string of the molecule is COC(=O)C(=O)Nc1coc2cc(C)c(C)cc2c1=O. The average Bonchev–Trinajstić information content (AvgIpc) is 2.43. The molecule has 0 saturated heterocycles. The Morgan fingerprint density at radius 1 is 1.20 bits per heavy atom. The van der Waals surface area contributed by atoms with Crippen molar-refractivity contribution < 1.29 is 18.7 Å². The first kappa shape index (κ1) is 13.8. The Bertz CT molecular complexity index is 760.